The predicted octanol–water partition coefficient (Wildman–Crippen LogP) is 17.8. The Balaban J connectivity index is 0.000000126. The zero-order chi connectivity index (χ0) is 82.3. The van der Waals surface area contributed by atoms with E-state index in [1.807, 2.05) is 0 Å². The van der Waals surface area contributed by atoms with E-state index in [1.165, 1.54) is 210 Å². The zero-order valence-electron chi connectivity index (χ0n) is 74.0. The zero-order valence-corrected chi connectivity index (χ0v) is 74.0. The van der Waals surface area contributed by atoms with Gasteiger partial charge in [-0.2, -0.15) is 0 Å². The number of hydrogen-bond acceptors (Lipinski definition) is 5. The summed E-state index contributed by atoms with van der Waals surface area (Å²) in [6.07, 6.45) is 37.5. The van der Waals surface area contributed by atoms with Gasteiger partial charge in [0.05, 0.1) is 94.7 Å². The lowest BCUT2D eigenvalue weighted by Gasteiger charge is -2.29. The summed E-state index contributed by atoms with van der Waals surface area (Å²) in [6.45, 7) is 37.7. The van der Waals surface area contributed by atoms with Crippen molar-refractivity contribution in [1.82, 2.24) is 0 Å². The van der Waals surface area contributed by atoms with E-state index in [9.17, 15) is 0 Å². The van der Waals surface area contributed by atoms with Crippen molar-refractivity contribution in [2.45, 2.75) is 193 Å². The second-order valence-electron chi connectivity index (χ2n) is 35.2. The van der Waals surface area contributed by atoms with E-state index >= 15 is 0 Å². The Morgan fingerprint density at radius 3 is 1.03 bits per heavy atom. The van der Waals surface area contributed by atoms with Crippen LogP contribution in [-0.4, -0.2) is 34.2 Å². The summed E-state index contributed by atoms with van der Waals surface area (Å²) < 4.78 is 11.2. The molecule has 0 spiro atoms. The van der Waals surface area contributed by atoms with Crippen LogP contribution in [-0.2, 0) is 48.1 Å². The molecule has 2 aliphatic carbocycles. The molecule has 15 heteroatoms. The number of anilines is 5. The minimum atomic E-state index is 0.342. The summed E-state index contributed by atoms with van der Waals surface area (Å²) in [4.78, 5) is 12.3. The van der Waals surface area contributed by atoms with Gasteiger partial charge >= 0.3 is 34.2 Å². The van der Waals surface area contributed by atoms with Gasteiger partial charge in [0.2, 0.25) is 0 Å². The monoisotopic (exact) mass is 1540 g/mol. The van der Waals surface area contributed by atoms with Crippen molar-refractivity contribution in [3.63, 3.8) is 0 Å². The van der Waals surface area contributed by atoms with Gasteiger partial charge in [-0.1, -0.05) is 194 Å². The molecule has 10 heterocycles. The second-order valence-corrected chi connectivity index (χ2v) is 35.2. The lowest BCUT2D eigenvalue weighted by Crippen LogP contribution is -2.53. The molecule has 0 radical (unpaired) electrons. The van der Waals surface area contributed by atoms with Crippen LogP contribution in [0.3, 0.4) is 0 Å². The number of allylic oxidation sites excluding steroid dienone is 5. The highest BCUT2D eigenvalue weighted by molar-refractivity contribution is 6.79. The fourth-order valence-corrected chi connectivity index (χ4v) is 19.4. The van der Waals surface area contributed by atoms with Gasteiger partial charge in [0.25, 0.3) is 29.1 Å². The van der Waals surface area contributed by atoms with Gasteiger partial charge in [-0.05, 0) is 275 Å². The molecule has 2 fully saturated rings. The van der Waals surface area contributed by atoms with Crippen molar-refractivity contribution in [2.24, 2.45) is 47.1 Å². The SMILES string of the molecule is CB1c2ccccc2C=C(C)N1c1cc(C(C)C)cc[n+]1C.CB1c2ccccc2C=C(C)N1c1cc(C)c(C)c[n+]1C.CB1c2ccccc2C=C(C)N1c1cc(C2CCCC2)cc[n+]1C.CB1c2ccccc2C=C(C)N1c1cc(CC(C)C)cc[n+]1C.CB1c2ccccc2C=C(C)N1c1cc(CC2CCCCC2)cc[n+]1C. The van der Waals surface area contributed by atoms with Crippen LogP contribution in [0.5, 0.6) is 0 Å². The first-order valence-electron chi connectivity index (χ1n) is 43.5. The number of hydrogen-bond donors (Lipinski definition) is 0. The van der Waals surface area contributed by atoms with E-state index < -0.39 is 0 Å². The Morgan fingerprint density at radius 1 is 0.336 bits per heavy atom. The molecule has 0 amide bonds. The molecule has 2 saturated carbocycles. The summed E-state index contributed by atoms with van der Waals surface area (Å²) in [5.41, 5.74) is 28.7. The first-order chi connectivity index (χ1) is 55.7. The van der Waals surface area contributed by atoms with Crippen LogP contribution in [0.15, 0.2) is 235 Å². The predicted molar refractivity (Wildman–Crippen MR) is 501 cm³/mol. The third-order valence-corrected chi connectivity index (χ3v) is 25.9. The van der Waals surface area contributed by atoms with E-state index in [4.69, 9.17) is 0 Å². The van der Waals surface area contributed by atoms with Crippen molar-refractivity contribution in [1.29, 1.82) is 0 Å². The Morgan fingerprint density at radius 2 is 0.655 bits per heavy atom. The van der Waals surface area contributed by atoms with Gasteiger partial charge in [-0.3, -0.25) is 24.1 Å². The van der Waals surface area contributed by atoms with Gasteiger partial charge < -0.3 is 0 Å². The summed E-state index contributed by atoms with van der Waals surface area (Å²) in [5.74, 6) is 9.20. The Hall–Kier alpha value is -10.1. The molecule has 0 atom stereocenters. The molecule has 0 N–H and O–H groups in total. The van der Waals surface area contributed by atoms with Crippen LogP contribution in [0.1, 0.15) is 193 Å². The first-order valence-corrected chi connectivity index (χ1v) is 43.5. The number of aryl methyl sites for hydroxylation is 7. The smallest absolute Gasteiger partial charge is 0.290 e. The average Bonchev–Trinajstić information content (AvgIpc) is 0.892. The Kier molecular flexibility index (Phi) is 26.7. The summed E-state index contributed by atoms with van der Waals surface area (Å²) in [7, 11) is 10.7. The van der Waals surface area contributed by atoms with E-state index in [1.54, 1.807) is 0 Å². The Bertz CT molecular complexity index is 5350. The van der Waals surface area contributed by atoms with Crippen LogP contribution in [0.4, 0.5) is 29.1 Å². The van der Waals surface area contributed by atoms with Gasteiger partial charge in [0.1, 0.15) is 0 Å². The van der Waals surface area contributed by atoms with E-state index in [0.717, 1.165) is 18.3 Å². The summed E-state index contributed by atoms with van der Waals surface area (Å²) in [5, 5.41) is 0. The van der Waals surface area contributed by atoms with Crippen LogP contribution in [0.2, 0.25) is 34.1 Å². The van der Waals surface area contributed by atoms with Crippen LogP contribution >= 0.6 is 0 Å². The third-order valence-electron chi connectivity index (χ3n) is 25.9. The molecule has 0 unspecified atom stereocenters. The number of nitrogens with zero attached hydrogens (tertiary/aromatic N) is 10. The number of rotatable bonds is 11. The van der Waals surface area contributed by atoms with Gasteiger partial charge in [-0.25, -0.2) is 22.8 Å². The largest absolute Gasteiger partial charge is 0.409 e. The highest BCUT2D eigenvalue weighted by Crippen LogP contribution is 2.37. The molecule has 5 aliphatic heterocycles. The molecule has 116 heavy (non-hydrogen) atoms. The van der Waals surface area contributed by atoms with Crippen molar-refractivity contribution in [3.05, 3.63) is 297 Å². The molecule has 7 aliphatic rings. The maximum Gasteiger partial charge on any atom is 0.409 e. The third kappa shape index (κ3) is 18.5. The standard InChI is InChI=1S/C23H30BN2.C21H26BN2.C20H26BN2.C19H24BN2.C18H22BN2/c1-18-15-21-11-7-8-12-22(21)24(2)26(18)23-17-20(13-14-25(23)3)16-19-9-5-4-6-10-19;1-16-14-19-10-6-7-11-20(19)22(2)24(16)21-15-18(12-13-23(21)3)17-8-4-5-9-17;1-15(2)12-17-10-11-22(5)20(14-17)23-16(3)13-18-8-6-7-9-19(18)21(23)4;1-14(2)16-10-11-21(5)19(13-16)22-15(3)12-17-8-6-7-9-18(17)20(22)4;1-13-10-18(20(5)12-14(13)2)21-15(3)11-16-8-6-7-9-17(16)19(21)4/h7-8,11-15,17,19H,4-6,9-10,16H2,1-3H3;6-7,10-15,17H,4-5,8-9H2,1-3H3;6-11,13-15H,12H2,1-5H3;6-14H,1-5H3;6-12H,1-5H3/q5*+1. The minimum absolute atomic E-state index is 0.342. The highest BCUT2D eigenvalue weighted by atomic mass is 15.2. The normalized spacial score (nSPS) is 15.7. The van der Waals surface area contributed by atoms with E-state index in [0.29, 0.717) is 46.1 Å². The molecule has 592 valence electrons. The van der Waals surface area contributed by atoms with E-state index in [-0.39, 0.29) is 0 Å². The van der Waals surface area contributed by atoms with E-state index in [2.05, 4.69) is 430 Å². The Labute approximate surface area is 699 Å². The molecule has 0 saturated heterocycles. The van der Waals surface area contributed by atoms with Crippen molar-refractivity contribution >= 4 is 121 Å². The fourth-order valence-electron chi connectivity index (χ4n) is 19.4. The topological polar surface area (TPSA) is 35.6 Å². The van der Waals surface area contributed by atoms with Crippen molar-refractivity contribution < 1.29 is 22.8 Å². The van der Waals surface area contributed by atoms with Crippen LogP contribution in [0.25, 0.3) is 30.4 Å². The summed E-state index contributed by atoms with van der Waals surface area (Å²) in [6, 6.07) is 64.5. The lowest BCUT2D eigenvalue weighted by atomic mass is 9.53. The molecule has 5 aromatic carbocycles. The van der Waals surface area contributed by atoms with Crippen LogP contribution < -0.4 is 74.2 Å². The lowest BCUT2D eigenvalue weighted by molar-refractivity contribution is -0.658. The van der Waals surface area contributed by atoms with Crippen molar-refractivity contribution in [3.8, 4) is 0 Å². The quantitative estimate of drug-likeness (QED) is 0.0953. The summed E-state index contributed by atoms with van der Waals surface area (Å²) >= 11 is 0. The molecule has 10 aromatic rings. The number of aromatic nitrogens is 5. The molecule has 10 nitrogen and oxygen atoms in total. The number of fused-ring (bicyclic) bond motifs is 5. The average molecular weight is 1540 g/mol. The maximum absolute atomic E-state index is 2.49. The maximum atomic E-state index is 2.49. The van der Waals surface area contributed by atoms with Gasteiger partial charge in [0.15, 0.2) is 0 Å². The highest BCUT2D eigenvalue weighted by Gasteiger charge is 2.42. The van der Waals surface area contributed by atoms with Gasteiger partial charge in [0, 0.05) is 30.3 Å². The van der Waals surface area contributed by atoms with Crippen molar-refractivity contribution in [2.75, 3.05) is 24.1 Å². The molecule has 0 bridgehead atoms. The molecule has 5 aromatic heterocycles. The minimum Gasteiger partial charge on any atom is -0.290 e. The number of pyridine rings is 5. The molecular formula is C101H128B5N10+5. The molecule has 17 rings (SSSR count). The number of benzene rings is 5. The first kappa shape index (κ1) is 83.8. The molecular weight excluding hydrogens is 1410 g/mol. The van der Waals surface area contributed by atoms with Crippen LogP contribution in [0, 0.1) is 25.7 Å². The second kappa shape index (κ2) is 37.0. The fraction of sp³-hybridized carbons (Fsp3) is 0.356. The van der Waals surface area contributed by atoms with Gasteiger partial charge in [-0.15, -0.1) is 0 Å².